The second-order valence-electron chi connectivity index (χ2n) is 11.3. The maximum absolute atomic E-state index is 14.2. The number of carbonyl (C=O) groups is 1. The molecule has 1 unspecified atom stereocenters. The normalized spacial score (nSPS) is 16.2. The van der Waals surface area contributed by atoms with Gasteiger partial charge in [0.1, 0.15) is 0 Å². The van der Waals surface area contributed by atoms with Crippen molar-refractivity contribution in [3.8, 4) is 0 Å². The fourth-order valence-corrected chi connectivity index (χ4v) is 6.02. The predicted octanol–water partition coefficient (Wildman–Crippen LogP) is 8.42. The number of nitrogens with one attached hydrogen (secondary N) is 1. The maximum Gasteiger partial charge on any atom is 0.227 e. The average Bonchev–Trinajstić information content (AvgIpc) is 2.90. The van der Waals surface area contributed by atoms with Crippen molar-refractivity contribution in [2.24, 2.45) is 5.92 Å². The third-order valence-corrected chi connectivity index (χ3v) is 7.97. The molecule has 1 aliphatic carbocycles. The Balaban J connectivity index is 1.71. The van der Waals surface area contributed by atoms with E-state index >= 15 is 0 Å². The summed E-state index contributed by atoms with van der Waals surface area (Å²) in [6.07, 6.45) is 9.34. The lowest BCUT2D eigenvalue weighted by Gasteiger charge is -2.39. The molecule has 1 saturated carbocycles. The topological polar surface area (TPSA) is 42.0 Å². The molecule has 36 heavy (non-hydrogen) atoms. The van der Waals surface area contributed by atoms with E-state index < -0.39 is 0 Å². The lowest BCUT2D eigenvalue weighted by molar-refractivity contribution is -0.120. The highest BCUT2D eigenvalue weighted by Crippen LogP contribution is 2.44. The van der Waals surface area contributed by atoms with Gasteiger partial charge in [-0.1, -0.05) is 102 Å². The zero-order chi connectivity index (χ0) is 25.5. The molecule has 0 spiro atoms. The Kier molecular flexibility index (Phi) is 8.61. The third kappa shape index (κ3) is 6.06. The van der Waals surface area contributed by atoms with Gasteiger partial charge in [-0.2, -0.15) is 0 Å². The minimum Gasteiger partial charge on any atom is -0.325 e. The van der Waals surface area contributed by atoms with Crippen LogP contribution in [0.1, 0.15) is 100 Å². The van der Waals surface area contributed by atoms with Crippen LogP contribution in [0.5, 0.6) is 0 Å². The first-order valence-electron chi connectivity index (χ1n) is 13.8. The van der Waals surface area contributed by atoms with Gasteiger partial charge in [-0.15, -0.1) is 0 Å². The Labute approximate surface area is 217 Å². The van der Waals surface area contributed by atoms with Crippen LogP contribution in [0.3, 0.4) is 0 Å². The molecule has 1 aliphatic rings. The van der Waals surface area contributed by atoms with Gasteiger partial charge in [0.2, 0.25) is 5.91 Å². The molecule has 0 saturated heterocycles. The molecule has 1 aromatic heterocycles. The summed E-state index contributed by atoms with van der Waals surface area (Å²) in [5.41, 5.74) is 5.76. The number of aromatic nitrogens is 1. The third-order valence-electron chi connectivity index (χ3n) is 7.97. The van der Waals surface area contributed by atoms with Gasteiger partial charge >= 0.3 is 0 Å². The number of amides is 1. The number of carbonyl (C=O) groups excluding carboxylic acids is 1. The van der Waals surface area contributed by atoms with Crippen molar-refractivity contribution in [3.63, 3.8) is 0 Å². The number of pyridine rings is 1. The van der Waals surface area contributed by atoms with E-state index in [-0.39, 0.29) is 17.2 Å². The van der Waals surface area contributed by atoms with Crippen molar-refractivity contribution in [1.29, 1.82) is 0 Å². The summed E-state index contributed by atoms with van der Waals surface area (Å²) in [6.45, 7) is 8.81. The number of rotatable bonds is 9. The number of benzene rings is 2. The molecule has 0 radical (unpaired) electrons. The molecule has 3 heteroatoms. The molecule has 2 aromatic carbocycles. The molecule has 0 aliphatic heterocycles. The number of para-hydroxylation sites is 1. The van der Waals surface area contributed by atoms with E-state index in [0.717, 1.165) is 37.1 Å². The Morgan fingerprint density at radius 3 is 2.06 bits per heavy atom. The zero-order valence-electron chi connectivity index (χ0n) is 22.5. The smallest absolute Gasteiger partial charge is 0.227 e. The molecule has 1 fully saturated rings. The summed E-state index contributed by atoms with van der Waals surface area (Å²) in [5.74, 6) is 0.678. The van der Waals surface area contributed by atoms with E-state index in [9.17, 15) is 4.79 Å². The fraction of sp³-hybridized carbons (Fsp3) is 0.455. The largest absolute Gasteiger partial charge is 0.325 e. The predicted molar refractivity (Wildman–Crippen MR) is 151 cm³/mol. The van der Waals surface area contributed by atoms with E-state index in [4.69, 9.17) is 4.98 Å². The second-order valence-corrected chi connectivity index (χ2v) is 11.3. The van der Waals surface area contributed by atoms with Gasteiger partial charge in [-0.3, -0.25) is 9.78 Å². The molecule has 3 nitrogen and oxygen atoms in total. The van der Waals surface area contributed by atoms with E-state index in [1.807, 2.05) is 18.3 Å². The Bertz CT molecular complexity index is 1090. The lowest BCUT2D eigenvalue weighted by Crippen LogP contribution is -2.37. The van der Waals surface area contributed by atoms with Crippen LogP contribution in [0.4, 0.5) is 5.69 Å². The Hall–Kier alpha value is -2.94. The first kappa shape index (κ1) is 26.1. The Morgan fingerprint density at radius 2 is 1.47 bits per heavy atom. The van der Waals surface area contributed by atoms with E-state index in [1.165, 1.54) is 36.0 Å². The SMILES string of the molecule is CC(C)c1cccc(C(C)C)c1NC(=O)C(Cc1ccccc1)CC1(c2ccccn2)CCCCC1. The minimum atomic E-state index is -0.132. The van der Waals surface area contributed by atoms with Crippen molar-refractivity contribution in [2.75, 3.05) is 5.32 Å². The van der Waals surface area contributed by atoms with E-state index in [2.05, 4.69) is 87.6 Å². The summed E-state index contributed by atoms with van der Waals surface area (Å²) in [5, 5.41) is 3.46. The Morgan fingerprint density at radius 1 is 0.833 bits per heavy atom. The second kappa shape index (κ2) is 11.9. The number of anilines is 1. The monoisotopic (exact) mass is 482 g/mol. The van der Waals surface area contributed by atoms with E-state index in [1.54, 1.807) is 0 Å². The highest BCUT2D eigenvalue weighted by Gasteiger charge is 2.39. The molecule has 1 amide bonds. The van der Waals surface area contributed by atoms with Crippen LogP contribution in [0.25, 0.3) is 0 Å². The van der Waals surface area contributed by atoms with Crippen LogP contribution in [-0.4, -0.2) is 10.9 Å². The molecular formula is C33H42N2O. The molecule has 1 N–H and O–H groups in total. The zero-order valence-corrected chi connectivity index (χ0v) is 22.5. The van der Waals surface area contributed by atoms with Crippen molar-refractivity contribution in [3.05, 3.63) is 95.3 Å². The van der Waals surface area contributed by atoms with Gasteiger partial charge in [0.05, 0.1) is 0 Å². The fourth-order valence-electron chi connectivity index (χ4n) is 6.02. The molecule has 0 bridgehead atoms. The van der Waals surface area contributed by atoms with Gasteiger partial charge in [0, 0.05) is 28.9 Å². The van der Waals surface area contributed by atoms with Gasteiger partial charge in [-0.05, 0) is 66.3 Å². The lowest BCUT2D eigenvalue weighted by atomic mass is 9.66. The molecule has 4 rings (SSSR count). The summed E-state index contributed by atoms with van der Waals surface area (Å²) >= 11 is 0. The summed E-state index contributed by atoms with van der Waals surface area (Å²) in [7, 11) is 0. The van der Waals surface area contributed by atoms with Crippen LogP contribution in [-0.2, 0) is 16.6 Å². The quantitative estimate of drug-likeness (QED) is 0.332. The number of hydrogen-bond acceptors (Lipinski definition) is 2. The van der Waals surface area contributed by atoms with Crippen LogP contribution >= 0.6 is 0 Å². The summed E-state index contributed by atoms with van der Waals surface area (Å²) in [6, 6.07) is 23.2. The summed E-state index contributed by atoms with van der Waals surface area (Å²) < 4.78 is 0. The molecule has 3 aromatic rings. The van der Waals surface area contributed by atoms with Crippen LogP contribution in [0.2, 0.25) is 0 Å². The van der Waals surface area contributed by atoms with Crippen LogP contribution < -0.4 is 5.32 Å². The van der Waals surface area contributed by atoms with Gasteiger partial charge in [-0.25, -0.2) is 0 Å². The van der Waals surface area contributed by atoms with Crippen molar-refractivity contribution < 1.29 is 4.79 Å². The highest BCUT2D eigenvalue weighted by atomic mass is 16.1. The van der Waals surface area contributed by atoms with Crippen LogP contribution in [0, 0.1) is 5.92 Å². The molecule has 1 atom stereocenters. The molecular weight excluding hydrogens is 440 g/mol. The van der Waals surface area contributed by atoms with Gasteiger partial charge in [0.15, 0.2) is 0 Å². The first-order valence-corrected chi connectivity index (χ1v) is 13.8. The van der Waals surface area contributed by atoms with Gasteiger partial charge in [0.25, 0.3) is 0 Å². The average molecular weight is 483 g/mol. The van der Waals surface area contributed by atoms with Crippen molar-refractivity contribution >= 4 is 11.6 Å². The van der Waals surface area contributed by atoms with E-state index in [0.29, 0.717) is 11.8 Å². The maximum atomic E-state index is 14.2. The number of hydrogen-bond donors (Lipinski definition) is 1. The summed E-state index contributed by atoms with van der Waals surface area (Å²) in [4.78, 5) is 19.0. The molecule has 1 heterocycles. The van der Waals surface area contributed by atoms with Crippen molar-refractivity contribution in [2.45, 2.75) is 89.9 Å². The molecule has 190 valence electrons. The highest BCUT2D eigenvalue weighted by molar-refractivity contribution is 5.94. The number of nitrogens with zero attached hydrogens (tertiary/aromatic N) is 1. The van der Waals surface area contributed by atoms with Crippen LogP contribution in [0.15, 0.2) is 72.9 Å². The minimum absolute atomic E-state index is 0.0469. The van der Waals surface area contributed by atoms with Crippen molar-refractivity contribution in [1.82, 2.24) is 4.98 Å². The van der Waals surface area contributed by atoms with Gasteiger partial charge < -0.3 is 5.32 Å². The standard InChI is InChI=1S/C33H42N2O/c1-24(2)28-16-13-17-29(25(3)4)31(28)35-32(36)27(22-26-14-7-5-8-15-26)23-33(19-10-6-11-20-33)30-18-9-12-21-34-30/h5,7-9,12-18,21,24-25,27H,6,10-11,19-20,22-23H2,1-4H3,(H,35,36). The first-order chi connectivity index (χ1) is 17.4.